The number of aromatic carboxylic acids is 1. The number of hydrogen-bond donors (Lipinski definition) is 1. The monoisotopic (exact) mass is 289 g/mol. The van der Waals surface area contributed by atoms with Crippen molar-refractivity contribution in [2.24, 2.45) is 14.1 Å². The predicted molar refractivity (Wildman–Crippen MR) is 69.8 cm³/mol. The second kappa shape index (κ2) is 4.51. The van der Waals surface area contributed by atoms with E-state index in [0.29, 0.717) is 16.7 Å². The van der Waals surface area contributed by atoms with Crippen LogP contribution in [0.15, 0.2) is 17.2 Å². The molecule has 0 atom stereocenters. The van der Waals surface area contributed by atoms with E-state index in [1.165, 1.54) is 21.8 Å². The van der Waals surface area contributed by atoms with Crippen molar-refractivity contribution in [3.05, 3.63) is 34.0 Å². The minimum Gasteiger partial charge on any atom is -0.478 e. The number of carboxylic acid groups (broad SMARTS) is 1. The molecular formula is C11H11N7O3. The van der Waals surface area contributed by atoms with Crippen LogP contribution < -0.4 is 5.56 Å². The molecule has 0 radical (unpaired) electrons. The van der Waals surface area contributed by atoms with Crippen LogP contribution in [0, 0.1) is 0 Å². The van der Waals surface area contributed by atoms with Gasteiger partial charge in [-0.2, -0.15) is 10.2 Å². The largest absolute Gasteiger partial charge is 0.478 e. The lowest BCUT2D eigenvalue weighted by atomic mass is 10.2. The van der Waals surface area contributed by atoms with Gasteiger partial charge in [0.2, 0.25) is 0 Å². The van der Waals surface area contributed by atoms with Crippen molar-refractivity contribution in [3.8, 4) is 0 Å². The first-order valence-corrected chi connectivity index (χ1v) is 5.98. The summed E-state index contributed by atoms with van der Waals surface area (Å²) in [4.78, 5) is 23.4. The standard InChI is InChI=1S/C11H11N7O3/c1-16-8(6(3-12-16)11(20)21)5-18-10(19)7-4-13-17(2)9(7)14-15-18/h3-4H,5H2,1-2H3,(H,20,21). The van der Waals surface area contributed by atoms with Gasteiger partial charge in [0, 0.05) is 14.1 Å². The molecule has 0 unspecified atom stereocenters. The molecule has 0 aromatic carbocycles. The fraction of sp³-hybridized carbons (Fsp3) is 0.273. The Balaban J connectivity index is 2.11. The second-order valence-corrected chi connectivity index (χ2v) is 4.49. The SMILES string of the molecule is Cn1ncc(C(=O)O)c1Cn1nnc2c(cnn2C)c1=O. The Bertz CT molecular complexity index is 904. The highest BCUT2D eigenvalue weighted by atomic mass is 16.4. The van der Waals surface area contributed by atoms with E-state index in [1.807, 2.05) is 0 Å². The Kier molecular flexibility index (Phi) is 2.78. The summed E-state index contributed by atoms with van der Waals surface area (Å²) in [6.07, 6.45) is 2.64. The zero-order valence-corrected chi connectivity index (χ0v) is 11.3. The molecule has 0 spiro atoms. The van der Waals surface area contributed by atoms with E-state index in [2.05, 4.69) is 20.5 Å². The molecule has 0 amide bonds. The van der Waals surface area contributed by atoms with E-state index < -0.39 is 5.97 Å². The molecule has 0 aliphatic carbocycles. The fourth-order valence-corrected chi connectivity index (χ4v) is 2.05. The number of hydrogen-bond acceptors (Lipinski definition) is 6. The minimum absolute atomic E-state index is 0.0254. The topological polar surface area (TPSA) is 121 Å². The quantitative estimate of drug-likeness (QED) is 0.656. The van der Waals surface area contributed by atoms with E-state index >= 15 is 0 Å². The number of nitrogens with zero attached hydrogens (tertiary/aromatic N) is 7. The minimum atomic E-state index is -1.11. The lowest BCUT2D eigenvalue weighted by molar-refractivity contribution is 0.0695. The molecule has 0 fully saturated rings. The van der Waals surface area contributed by atoms with Crippen LogP contribution in [0.5, 0.6) is 0 Å². The molecule has 10 nitrogen and oxygen atoms in total. The van der Waals surface area contributed by atoms with Gasteiger partial charge in [0.15, 0.2) is 5.65 Å². The number of fused-ring (bicyclic) bond motifs is 1. The highest BCUT2D eigenvalue weighted by Gasteiger charge is 2.17. The average Bonchev–Trinajstić information content (AvgIpc) is 2.98. The smallest absolute Gasteiger partial charge is 0.339 e. The molecular weight excluding hydrogens is 278 g/mol. The molecule has 0 aliphatic heterocycles. The molecule has 3 aromatic rings. The van der Waals surface area contributed by atoms with Crippen molar-refractivity contribution in [2.45, 2.75) is 6.54 Å². The molecule has 0 saturated carbocycles. The van der Waals surface area contributed by atoms with E-state index in [0.717, 1.165) is 4.68 Å². The second-order valence-electron chi connectivity index (χ2n) is 4.49. The molecule has 3 rings (SSSR count). The van der Waals surface area contributed by atoms with Crippen LogP contribution in [0.25, 0.3) is 11.0 Å². The van der Waals surface area contributed by atoms with Crippen LogP contribution in [0.2, 0.25) is 0 Å². The predicted octanol–water partition coefficient (Wildman–Crippen LogP) is -0.995. The van der Waals surface area contributed by atoms with Gasteiger partial charge in [-0.25, -0.2) is 14.2 Å². The Labute approximate surface area is 117 Å². The maximum atomic E-state index is 12.3. The Hall–Kier alpha value is -3.04. The highest BCUT2D eigenvalue weighted by molar-refractivity contribution is 5.88. The Morgan fingerprint density at radius 1 is 1.24 bits per heavy atom. The van der Waals surface area contributed by atoms with Crippen LogP contribution in [0.3, 0.4) is 0 Å². The first-order chi connectivity index (χ1) is 9.99. The van der Waals surface area contributed by atoms with E-state index in [1.54, 1.807) is 14.1 Å². The maximum Gasteiger partial charge on any atom is 0.339 e. The first-order valence-electron chi connectivity index (χ1n) is 5.98. The first kappa shape index (κ1) is 13.0. The molecule has 3 heterocycles. The van der Waals surface area contributed by atoms with Crippen LogP contribution in [-0.2, 0) is 20.6 Å². The lowest BCUT2D eigenvalue weighted by Gasteiger charge is -2.05. The van der Waals surface area contributed by atoms with Gasteiger partial charge in [-0.1, -0.05) is 5.21 Å². The number of carboxylic acids is 1. The van der Waals surface area contributed by atoms with Crippen molar-refractivity contribution in [2.75, 3.05) is 0 Å². The zero-order valence-electron chi connectivity index (χ0n) is 11.3. The van der Waals surface area contributed by atoms with Gasteiger partial charge in [0.05, 0.1) is 24.6 Å². The molecule has 21 heavy (non-hydrogen) atoms. The van der Waals surface area contributed by atoms with Crippen molar-refractivity contribution in [1.29, 1.82) is 0 Å². The third-order valence-corrected chi connectivity index (χ3v) is 3.21. The summed E-state index contributed by atoms with van der Waals surface area (Å²) in [7, 11) is 3.26. The number of aryl methyl sites for hydroxylation is 2. The Morgan fingerprint density at radius 2 is 1.95 bits per heavy atom. The van der Waals surface area contributed by atoms with Crippen molar-refractivity contribution < 1.29 is 9.90 Å². The normalized spacial score (nSPS) is 11.1. The molecule has 3 aromatic heterocycles. The summed E-state index contributed by atoms with van der Waals surface area (Å²) >= 11 is 0. The lowest BCUT2D eigenvalue weighted by Crippen LogP contribution is -2.26. The molecule has 0 saturated heterocycles. The van der Waals surface area contributed by atoms with Gasteiger partial charge in [-0.3, -0.25) is 9.48 Å². The fourth-order valence-electron chi connectivity index (χ4n) is 2.05. The van der Waals surface area contributed by atoms with Crippen LogP contribution in [0.4, 0.5) is 0 Å². The summed E-state index contributed by atoms with van der Waals surface area (Å²) in [5.41, 5.74) is 0.380. The summed E-state index contributed by atoms with van der Waals surface area (Å²) in [6.45, 7) is -0.0329. The molecule has 10 heteroatoms. The average molecular weight is 289 g/mol. The zero-order chi connectivity index (χ0) is 15.1. The number of carbonyl (C=O) groups is 1. The molecule has 0 bridgehead atoms. The highest BCUT2D eigenvalue weighted by Crippen LogP contribution is 2.09. The Morgan fingerprint density at radius 3 is 2.67 bits per heavy atom. The van der Waals surface area contributed by atoms with E-state index in [-0.39, 0.29) is 17.7 Å². The molecule has 0 aliphatic rings. The van der Waals surface area contributed by atoms with Gasteiger partial charge >= 0.3 is 5.97 Å². The summed E-state index contributed by atoms with van der Waals surface area (Å²) in [5.74, 6) is -1.11. The van der Waals surface area contributed by atoms with E-state index in [4.69, 9.17) is 5.11 Å². The molecule has 108 valence electrons. The third kappa shape index (κ3) is 1.96. The van der Waals surface area contributed by atoms with Crippen LogP contribution >= 0.6 is 0 Å². The number of rotatable bonds is 3. The van der Waals surface area contributed by atoms with Gasteiger partial charge in [0.25, 0.3) is 5.56 Å². The molecule has 1 N–H and O–H groups in total. The van der Waals surface area contributed by atoms with Gasteiger partial charge in [-0.05, 0) is 0 Å². The van der Waals surface area contributed by atoms with E-state index in [9.17, 15) is 9.59 Å². The van der Waals surface area contributed by atoms with Crippen molar-refractivity contribution in [3.63, 3.8) is 0 Å². The van der Waals surface area contributed by atoms with Gasteiger partial charge in [0.1, 0.15) is 10.9 Å². The number of aromatic nitrogens is 7. The summed E-state index contributed by atoms with van der Waals surface area (Å²) in [5, 5.41) is 25.0. The third-order valence-electron chi connectivity index (χ3n) is 3.21. The van der Waals surface area contributed by atoms with Gasteiger partial charge < -0.3 is 5.11 Å². The van der Waals surface area contributed by atoms with Crippen LogP contribution in [0.1, 0.15) is 16.1 Å². The van der Waals surface area contributed by atoms with Crippen molar-refractivity contribution >= 4 is 17.0 Å². The van der Waals surface area contributed by atoms with Crippen molar-refractivity contribution in [1.82, 2.24) is 34.6 Å². The maximum absolute atomic E-state index is 12.3. The summed E-state index contributed by atoms with van der Waals surface area (Å²) < 4.78 is 3.93. The van der Waals surface area contributed by atoms with Crippen LogP contribution in [-0.4, -0.2) is 45.6 Å². The summed E-state index contributed by atoms with van der Waals surface area (Å²) in [6, 6.07) is 0. The van der Waals surface area contributed by atoms with Gasteiger partial charge in [-0.15, -0.1) is 5.10 Å².